The molecule has 1 aromatic rings. The van der Waals surface area contributed by atoms with Crippen molar-refractivity contribution in [2.24, 2.45) is 11.7 Å². The number of hydrogen-bond donors (Lipinski definition) is 1. The van der Waals surface area contributed by atoms with Crippen LogP contribution in [0.1, 0.15) is 17.9 Å². The zero-order valence-corrected chi connectivity index (χ0v) is 7.74. The Hall–Kier alpha value is -1.10. The second-order valence-electron chi connectivity index (χ2n) is 3.73. The summed E-state index contributed by atoms with van der Waals surface area (Å²) in [6, 6.07) is 0.716. The number of benzene rings is 1. The van der Waals surface area contributed by atoms with Crippen LogP contribution in [-0.4, -0.2) is 6.54 Å². The van der Waals surface area contributed by atoms with E-state index in [2.05, 4.69) is 0 Å². The standard InChI is InChI=1S/C10H9F4N/c11-7-2-6(5-1-4(5)3-15)8(12)10(14)9(7)13/h2,4-5H,1,3,15H2. The van der Waals surface area contributed by atoms with Crippen LogP contribution in [0.3, 0.4) is 0 Å². The first-order valence-corrected chi connectivity index (χ1v) is 4.59. The highest BCUT2D eigenvalue weighted by molar-refractivity contribution is 5.30. The lowest BCUT2D eigenvalue weighted by atomic mass is 10.1. The van der Waals surface area contributed by atoms with Gasteiger partial charge in [-0.1, -0.05) is 0 Å². The molecule has 1 aromatic carbocycles. The van der Waals surface area contributed by atoms with E-state index in [1.165, 1.54) is 0 Å². The highest BCUT2D eigenvalue weighted by atomic mass is 19.2. The van der Waals surface area contributed by atoms with Crippen LogP contribution in [0.25, 0.3) is 0 Å². The van der Waals surface area contributed by atoms with Gasteiger partial charge in [0.05, 0.1) is 0 Å². The molecule has 2 N–H and O–H groups in total. The number of hydrogen-bond acceptors (Lipinski definition) is 1. The second-order valence-corrected chi connectivity index (χ2v) is 3.73. The molecule has 82 valence electrons. The fraction of sp³-hybridized carbons (Fsp3) is 0.400. The molecule has 1 aliphatic carbocycles. The number of nitrogens with two attached hydrogens (primary N) is 1. The summed E-state index contributed by atoms with van der Waals surface area (Å²) in [5.41, 5.74) is 5.22. The van der Waals surface area contributed by atoms with Crippen molar-refractivity contribution in [1.29, 1.82) is 0 Å². The van der Waals surface area contributed by atoms with Gasteiger partial charge in [0, 0.05) is 0 Å². The molecule has 1 saturated carbocycles. The molecular formula is C10H9F4N. The van der Waals surface area contributed by atoms with Gasteiger partial charge in [0.2, 0.25) is 0 Å². The van der Waals surface area contributed by atoms with Crippen molar-refractivity contribution in [3.8, 4) is 0 Å². The minimum atomic E-state index is -1.76. The molecular weight excluding hydrogens is 210 g/mol. The molecule has 0 aliphatic heterocycles. The predicted octanol–water partition coefficient (Wildman–Crippen LogP) is 2.31. The first-order valence-electron chi connectivity index (χ1n) is 4.59. The molecule has 0 radical (unpaired) electrons. The third-order valence-electron chi connectivity index (χ3n) is 2.76. The van der Waals surface area contributed by atoms with Crippen LogP contribution >= 0.6 is 0 Å². The maximum absolute atomic E-state index is 13.2. The Morgan fingerprint density at radius 1 is 1.13 bits per heavy atom. The second kappa shape index (κ2) is 3.48. The van der Waals surface area contributed by atoms with Gasteiger partial charge in [-0.25, -0.2) is 17.6 Å². The van der Waals surface area contributed by atoms with Crippen molar-refractivity contribution in [2.45, 2.75) is 12.3 Å². The van der Waals surface area contributed by atoms with Crippen LogP contribution in [0, 0.1) is 29.2 Å². The Kier molecular flexibility index (Phi) is 2.42. The summed E-state index contributed by atoms with van der Waals surface area (Å²) in [5.74, 6) is -6.39. The van der Waals surface area contributed by atoms with E-state index in [9.17, 15) is 17.6 Å². The zero-order valence-electron chi connectivity index (χ0n) is 7.74. The van der Waals surface area contributed by atoms with Crippen LogP contribution < -0.4 is 5.73 Å². The van der Waals surface area contributed by atoms with Gasteiger partial charge >= 0.3 is 0 Å². The van der Waals surface area contributed by atoms with E-state index in [4.69, 9.17) is 5.73 Å². The summed E-state index contributed by atoms with van der Waals surface area (Å²) in [6.07, 6.45) is 0.595. The summed E-state index contributed by atoms with van der Waals surface area (Å²) in [6.45, 7) is 0.338. The van der Waals surface area contributed by atoms with Crippen molar-refractivity contribution in [2.75, 3.05) is 6.54 Å². The van der Waals surface area contributed by atoms with Crippen LogP contribution in [-0.2, 0) is 0 Å². The van der Waals surface area contributed by atoms with Crippen molar-refractivity contribution in [1.82, 2.24) is 0 Å². The van der Waals surface area contributed by atoms with Gasteiger partial charge in [0.25, 0.3) is 0 Å². The van der Waals surface area contributed by atoms with Crippen LogP contribution in [0.15, 0.2) is 6.07 Å². The van der Waals surface area contributed by atoms with Crippen LogP contribution in [0.4, 0.5) is 17.6 Å². The van der Waals surface area contributed by atoms with Gasteiger partial charge in [0.15, 0.2) is 23.3 Å². The lowest BCUT2D eigenvalue weighted by Crippen LogP contribution is -2.05. The third kappa shape index (κ3) is 1.61. The molecule has 1 aliphatic rings. The summed E-state index contributed by atoms with van der Waals surface area (Å²) in [4.78, 5) is 0. The minimum absolute atomic E-state index is 0.0451. The molecule has 1 fully saturated rings. The topological polar surface area (TPSA) is 26.0 Å². The maximum Gasteiger partial charge on any atom is 0.197 e. The van der Waals surface area contributed by atoms with E-state index in [0.29, 0.717) is 19.0 Å². The Morgan fingerprint density at radius 3 is 2.33 bits per heavy atom. The first-order chi connectivity index (χ1) is 7.06. The van der Waals surface area contributed by atoms with Gasteiger partial charge < -0.3 is 5.73 Å². The lowest BCUT2D eigenvalue weighted by Gasteiger charge is -2.04. The number of rotatable bonds is 2. The average molecular weight is 219 g/mol. The fourth-order valence-corrected chi connectivity index (χ4v) is 1.75. The minimum Gasteiger partial charge on any atom is -0.330 e. The third-order valence-corrected chi connectivity index (χ3v) is 2.76. The molecule has 2 rings (SSSR count). The zero-order chi connectivity index (χ0) is 11.2. The lowest BCUT2D eigenvalue weighted by molar-refractivity contribution is 0.403. The fourth-order valence-electron chi connectivity index (χ4n) is 1.75. The van der Waals surface area contributed by atoms with Crippen LogP contribution in [0.5, 0.6) is 0 Å². The molecule has 5 heteroatoms. The Labute approximate surface area is 83.9 Å². The van der Waals surface area contributed by atoms with E-state index < -0.39 is 23.3 Å². The van der Waals surface area contributed by atoms with Crippen molar-refractivity contribution < 1.29 is 17.6 Å². The van der Waals surface area contributed by atoms with Gasteiger partial charge in [-0.05, 0) is 36.4 Å². The van der Waals surface area contributed by atoms with E-state index in [-0.39, 0.29) is 17.4 Å². The number of halogens is 4. The quantitative estimate of drug-likeness (QED) is 0.461. The van der Waals surface area contributed by atoms with Crippen molar-refractivity contribution >= 4 is 0 Å². The van der Waals surface area contributed by atoms with E-state index in [0.717, 1.165) is 0 Å². The summed E-state index contributed by atoms with van der Waals surface area (Å²) in [7, 11) is 0. The molecule has 15 heavy (non-hydrogen) atoms. The Balaban J connectivity index is 2.41. The molecule has 2 atom stereocenters. The molecule has 0 saturated heterocycles. The predicted molar refractivity (Wildman–Crippen MR) is 46.2 cm³/mol. The van der Waals surface area contributed by atoms with Gasteiger partial charge in [-0.3, -0.25) is 0 Å². The van der Waals surface area contributed by atoms with Crippen molar-refractivity contribution in [3.05, 3.63) is 34.9 Å². The smallest absolute Gasteiger partial charge is 0.197 e. The molecule has 0 amide bonds. The van der Waals surface area contributed by atoms with Gasteiger partial charge in [-0.2, -0.15) is 0 Å². The van der Waals surface area contributed by atoms with Gasteiger partial charge in [0.1, 0.15) is 0 Å². The maximum atomic E-state index is 13.2. The Morgan fingerprint density at radius 2 is 1.80 bits per heavy atom. The molecule has 1 nitrogen and oxygen atoms in total. The Bertz CT molecular complexity index is 405. The molecule has 0 aromatic heterocycles. The summed E-state index contributed by atoms with van der Waals surface area (Å²) >= 11 is 0. The summed E-state index contributed by atoms with van der Waals surface area (Å²) in [5, 5.41) is 0. The highest BCUT2D eigenvalue weighted by Crippen LogP contribution is 2.48. The first kappa shape index (κ1) is 10.4. The molecule has 0 spiro atoms. The van der Waals surface area contributed by atoms with Crippen molar-refractivity contribution in [3.63, 3.8) is 0 Å². The summed E-state index contributed by atoms with van der Waals surface area (Å²) < 4.78 is 51.5. The molecule has 0 heterocycles. The van der Waals surface area contributed by atoms with E-state index >= 15 is 0 Å². The molecule has 0 bridgehead atoms. The average Bonchev–Trinajstić information content (AvgIpc) is 2.99. The van der Waals surface area contributed by atoms with Crippen LogP contribution in [0.2, 0.25) is 0 Å². The van der Waals surface area contributed by atoms with E-state index in [1.807, 2.05) is 0 Å². The van der Waals surface area contributed by atoms with E-state index in [1.54, 1.807) is 0 Å². The molecule has 2 unspecified atom stereocenters. The normalized spacial score (nSPS) is 24.3. The highest BCUT2D eigenvalue weighted by Gasteiger charge is 2.40. The monoisotopic (exact) mass is 219 g/mol. The SMILES string of the molecule is NCC1CC1c1cc(F)c(F)c(F)c1F. The largest absolute Gasteiger partial charge is 0.330 e. The van der Waals surface area contributed by atoms with Gasteiger partial charge in [-0.15, -0.1) is 0 Å².